The van der Waals surface area contributed by atoms with Crippen molar-refractivity contribution in [2.24, 2.45) is 5.10 Å². The molecule has 4 rings (SSSR count). The summed E-state index contributed by atoms with van der Waals surface area (Å²) in [7, 11) is 0. The molecular weight excluding hydrogens is 487 g/mol. The molecule has 1 amide bonds. The van der Waals surface area contributed by atoms with Crippen LogP contribution in [-0.4, -0.2) is 29.7 Å². The van der Waals surface area contributed by atoms with E-state index in [9.17, 15) is 4.79 Å². The topological polar surface area (TPSA) is 47.9 Å². The van der Waals surface area contributed by atoms with Gasteiger partial charge in [-0.15, -0.1) is 0 Å². The van der Waals surface area contributed by atoms with Crippen LogP contribution < -0.4 is 10.4 Å². The predicted molar refractivity (Wildman–Crippen MR) is 126 cm³/mol. The number of carbonyl (C=O) groups excluding carboxylic acids is 1. The normalized spacial score (nSPS) is 20.0. The zero-order chi connectivity index (χ0) is 21.1. The summed E-state index contributed by atoms with van der Waals surface area (Å²) in [5, 5.41) is 9.60. The van der Waals surface area contributed by atoms with Crippen molar-refractivity contribution < 1.29 is 4.79 Å². The number of nitrogens with zero attached hydrogens (tertiary/aromatic N) is 3. The second kappa shape index (κ2) is 9.69. The Morgan fingerprint density at radius 3 is 2.40 bits per heavy atom. The van der Waals surface area contributed by atoms with E-state index < -0.39 is 0 Å². The van der Waals surface area contributed by atoms with Gasteiger partial charge in [-0.25, -0.2) is 5.01 Å². The Bertz CT molecular complexity index is 943. The van der Waals surface area contributed by atoms with Gasteiger partial charge in [0.05, 0.1) is 16.8 Å². The van der Waals surface area contributed by atoms with Gasteiger partial charge in [-0.05, 0) is 48.7 Å². The lowest BCUT2D eigenvalue weighted by Gasteiger charge is -2.25. The molecular formula is C22H23BrCl2N4O. The number of hydrogen-bond donors (Lipinski definition) is 1. The first-order valence-electron chi connectivity index (χ1n) is 10.1. The number of carbonyl (C=O) groups is 1. The van der Waals surface area contributed by atoms with E-state index in [0.29, 0.717) is 22.2 Å². The molecule has 5 nitrogen and oxygen atoms in total. The summed E-state index contributed by atoms with van der Waals surface area (Å²) in [6, 6.07) is 13.3. The van der Waals surface area contributed by atoms with E-state index in [-0.39, 0.29) is 11.9 Å². The van der Waals surface area contributed by atoms with Crippen LogP contribution in [0.3, 0.4) is 0 Å². The highest BCUT2D eigenvalue weighted by atomic mass is 79.9. The van der Waals surface area contributed by atoms with E-state index >= 15 is 0 Å². The van der Waals surface area contributed by atoms with Crippen LogP contribution in [0.5, 0.6) is 0 Å². The predicted octanol–water partition coefficient (Wildman–Crippen LogP) is 5.97. The molecule has 0 spiro atoms. The molecule has 0 radical (unpaired) electrons. The van der Waals surface area contributed by atoms with Gasteiger partial charge >= 0.3 is 0 Å². The fourth-order valence-corrected chi connectivity index (χ4v) is 4.63. The third-order valence-electron chi connectivity index (χ3n) is 5.45. The highest BCUT2D eigenvalue weighted by Crippen LogP contribution is 2.39. The van der Waals surface area contributed by atoms with Crippen LogP contribution in [0.15, 0.2) is 52.0 Å². The summed E-state index contributed by atoms with van der Waals surface area (Å²) in [4.78, 5) is 13.0. The van der Waals surface area contributed by atoms with Crippen LogP contribution in [0.1, 0.15) is 43.7 Å². The minimum absolute atomic E-state index is 0.123. The molecule has 2 heterocycles. The molecule has 2 aliphatic heterocycles. The molecule has 0 bridgehead atoms. The number of hydrazine groups is 1. The van der Waals surface area contributed by atoms with E-state index in [0.717, 1.165) is 41.7 Å². The van der Waals surface area contributed by atoms with Gasteiger partial charge in [0.2, 0.25) is 0 Å². The molecule has 2 aliphatic rings. The van der Waals surface area contributed by atoms with Crippen LogP contribution in [-0.2, 0) is 4.79 Å². The van der Waals surface area contributed by atoms with Gasteiger partial charge in [0.25, 0.3) is 5.91 Å². The first kappa shape index (κ1) is 21.6. The van der Waals surface area contributed by atoms with Gasteiger partial charge < -0.3 is 0 Å². The van der Waals surface area contributed by atoms with Crippen LogP contribution in [0.2, 0.25) is 10.0 Å². The maximum atomic E-state index is 13.0. The summed E-state index contributed by atoms with van der Waals surface area (Å²) >= 11 is 16.0. The molecule has 8 heteroatoms. The molecule has 2 aromatic carbocycles. The van der Waals surface area contributed by atoms with E-state index in [2.05, 4.69) is 26.5 Å². The lowest BCUT2D eigenvalue weighted by Crippen LogP contribution is -2.45. The van der Waals surface area contributed by atoms with E-state index in [4.69, 9.17) is 23.2 Å². The summed E-state index contributed by atoms with van der Waals surface area (Å²) in [5.74, 6) is -0.147. The number of halogens is 3. The van der Waals surface area contributed by atoms with Gasteiger partial charge in [-0.2, -0.15) is 5.10 Å². The minimum Gasteiger partial charge on any atom is -0.284 e. The zero-order valence-electron chi connectivity index (χ0n) is 16.5. The van der Waals surface area contributed by atoms with E-state index in [1.165, 1.54) is 12.8 Å². The highest BCUT2D eigenvalue weighted by molar-refractivity contribution is 9.10. The van der Waals surface area contributed by atoms with Crippen molar-refractivity contribution in [1.82, 2.24) is 10.4 Å². The highest BCUT2D eigenvalue weighted by Gasteiger charge is 2.34. The number of anilines is 1. The first-order valence-corrected chi connectivity index (χ1v) is 11.7. The van der Waals surface area contributed by atoms with E-state index in [1.807, 2.05) is 40.3 Å². The van der Waals surface area contributed by atoms with Gasteiger partial charge in [-0.1, -0.05) is 64.1 Å². The average Bonchev–Trinajstić information content (AvgIpc) is 3.00. The number of nitrogens with one attached hydrogen (secondary N) is 1. The second-order valence-electron chi connectivity index (χ2n) is 7.60. The standard InChI is InChI=1S/C22H23BrCl2N4O/c23-16-7-5-15(6-8-16)21-14-19(22(30)27-28-11-3-1-2-4-12-28)26-29(21)20-10-9-17(24)13-18(20)25/h5-10,13,21H,1-4,11-12,14H2,(H,27,30). The van der Waals surface area contributed by atoms with Crippen LogP contribution in [0.25, 0.3) is 0 Å². The molecule has 158 valence electrons. The molecule has 0 saturated carbocycles. The van der Waals surface area contributed by atoms with Crippen molar-refractivity contribution in [3.8, 4) is 0 Å². The van der Waals surface area contributed by atoms with Crippen molar-refractivity contribution in [2.75, 3.05) is 18.1 Å². The second-order valence-corrected chi connectivity index (χ2v) is 9.36. The van der Waals surface area contributed by atoms with Gasteiger partial charge in [-0.3, -0.25) is 15.2 Å². The van der Waals surface area contributed by atoms with Crippen molar-refractivity contribution in [3.05, 3.63) is 62.5 Å². The van der Waals surface area contributed by atoms with Gasteiger partial charge in [0.15, 0.2) is 0 Å². The summed E-state index contributed by atoms with van der Waals surface area (Å²) < 4.78 is 1.00. The molecule has 1 N–H and O–H groups in total. The third-order valence-corrected chi connectivity index (χ3v) is 6.52. The molecule has 1 fully saturated rings. The number of hydrogen-bond acceptors (Lipinski definition) is 4. The maximum Gasteiger partial charge on any atom is 0.281 e. The quantitative estimate of drug-likeness (QED) is 0.552. The van der Waals surface area contributed by atoms with Crippen LogP contribution in [0, 0.1) is 0 Å². The average molecular weight is 510 g/mol. The number of hydrazone groups is 1. The summed E-state index contributed by atoms with van der Waals surface area (Å²) in [6.45, 7) is 1.75. The Morgan fingerprint density at radius 2 is 1.73 bits per heavy atom. The van der Waals surface area contributed by atoms with E-state index in [1.54, 1.807) is 12.1 Å². The van der Waals surface area contributed by atoms with Crippen molar-refractivity contribution in [1.29, 1.82) is 0 Å². The molecule has 0 aromatic heterocycles. The zero-order valence-corrected chi connectivity index (χ0v) is 19.6. The molecule has 30 heavy (non-hydrogen) atoms. The maximum absolute atomic E-state index is 13.0. The summed E-state index contributed by atoms with van der Waals surface area (Å²) in [6.07, 6.45) is 5.12. The lowest BCUT2D eigenvalue weighted by molar-refractivity contribution is -0.119. The molecule has 1 atom stereocenters. The number of rotatable bonds is 4. The van der Waals surface area contributed by atoms with Crippen molar-refractivity contribution in [2.45, 2.75) is 38.1 Å². The number of amides is 1. The minimum atomic E-state index is -0.147. The Morgan fingerprint density at radius 1 is 1.03 bits per heavy atom. The Labute approximate surface area is 195 Å². The Balaban J connectivity index is 1.61. The summed E-state index contributed by atoms with van der Waals surface area (Å²) in [5.41, 5.74) is 5.34. The number of benzene rings is 2. The van der Waals surface area contributed by atoms with Gasteiger partial charge in [0.1, 0.15) is 5.71 Å². The smallest absolute Gasteiger partial charge is 0.281 e. The monoisotopic (exact) mass is 508 g/mol. The fourth-order valence-electron chi connectivity index (χ4n) is 3.87. The molecule has 1 saturated heterocycles. The molecule has 1 unspecified atom stereocenters. The SMILES string of the molecule is O=C(NN1CCCCCC1)C1=NN(c2ccc(Cl)cc2Cl)C(c2ccc(Br)cc2)C1. The Hall–Kier alpha value is -1.60. The van der Waals surface area contributed by atoms with Gasteiger partial charge in [0, 0.05) is 29.0 Å². The molecule has 2 aromatic rings. The van der Waals surface area contributed by atoms with Crippen LogP contribution >= 0.6 is 39.1 Å². The largest absolute Gasteiger partial charge is 0.284 e. The van der Waals surface area contributed by atoms with Crippen molar-refractivity contribution >= 4 is 56.4 Å². The van der Waals surface area contributed by atoms with Crippen LogP contribution in [0.4, 0.5) is 5.69 Å². The first-order chi connectivity index (χ1) is 14.5. The van der Waals surface area contributed by atoms with Crippen molar-refractivity contribution in [3.63, 3.8) is 0 Å². The Kier molecular flexibility index (Phi) is 6.98. The molecule has 0 aliphatic carbocycles. The fraction of sp³-hybridized carbons (Fsp3) is 0.364. The third kappa shape index (κ3) is 4.99. The lowest BCUT2D eigenvalue weighted by atomic mass is 10.0.